The number of nitrogens with one attached hydrogen (secondary N) is 1. The number of aromatic nitrogens is 1. The molecule has 4 rings (SSSR count). The molecule has 2 aromatic heterocycles. The minimum Gasteiger partial charge on any atom is -0.496 e. The fourth-order valence-electron chi connectivity index (χ4n) is 3.75. The lowest BCUT2D eigenvalue weighted by Crippen LogP contribution is -2.14. The molecule has 1 amide bonds. The molecule has 0 unspecified atom stereocenters. The maximum Gasteiger partial charge on any atom is 0.342 e. The topological polar surface area (TPSA) is 108 Å². The van der Waals surface area contributed by atoms with Gasteiger partial charge >= 0.3 is 5.97 Å². The highest BCUT2D eigenvalue weighted by Crippen LogP contribution is 2.40. The molecule has 1 N–H and O–H groups in total. The van der Waals surface area contributed by atoms with Crippen LogP contribution in [0.25, 0.3) is 20.8 Å². The molecule has 180 valence electrons. The standard InChI is InChI=1S/C26H24N2O6S/c1-14-9-11-19(32-3)16(13-14)18(29)10-12-21(30)28-24-23(22(15(2)34-24)26(31)33-4)25-27-17-7-5-6-8-20(17)35-25/h5-9,11,13H,10,12H2,1-4H3,(H,28,30). The molecule has 0 fully saturated rings. The maximum absolute atomic E-state index is 12.8. The van der Waals surface area contributed by atoms with Crippen molar-refractivity contribution in [2.45, 2.75) is 26.7 Å². The predicted molar refractivity (Wildman–Crippen MR) is 133 cm³/mol. The molecule has 0 spiro atoms. The predicted octanol–water partition coefficient (Wildman–Crippen LogP) is 5.57. The quantitative estimate of drug-likeness (QED) is 0.253. The Hall–Kier alpha value is -3.98. The Labute approximate surface area is 205 Å². The SMILES string of the molecule is COC(=O)c1c(C)oc(NC(=O)CCC(=O)c2cc(C)ccc2OC)c1-c1nc2ccccc2s1. The van der Waals surface area contributed by atoms with E-state index in [2.05, 4.69) is 10.3 Å². The summed E-state index contributed by atoms with van der Waals surface area (Å²) in [4.78, 5) is 42.7. The minimum absolute atomic E-state index is 0.0222. The number of aryl methyl sites for hydroxylation is 2. The zero-order chi connectivity index (χ0) is 25.1. The molecule has 0 aliphatic heterocycles. The van der Waals surface area contributed by atoms with Crippen molar-refractivity contribution in [2.24, 2.45) is 0 Å². The molecule has 0 radical (unpaired) electrons. The normalized spacial score (nSPS) is 10.9. The summed E-state index contributed by atoms with van der Waals surface area (Å²) in [6.45, 7) is 3.50. The number of thiazole rings is 1. The van der Waals surface area contributed by atoms with E-state index in [4.69, 9.17) is 13.9 Å². The van der Waals surface area contributed by atoms with Crippen molar-refractivity contribution in [2.75, 3.05) is 19.5 Å². The highest BCUT2D eigenvalue weighted by molar-refractivity contribution is 7.21. The van der Waals surface area contributed by atoms with Crippen molar-refractivity contribution < 1.29 is 28.3 Å². The van der Waals surface area contributed by atoms with Gasteiger partial charge in [0.15, 0.2) is 5.78 Å². The monoisotopic (exact) mass is 492 g/mol. The maximum atomic E-state index is 12.8. The number of anilines is 1. The molecule has 4 aromatic rings. The van der Waals surface area contributed by atoms with Gasteiger partial charge in [-0.1, -0.05) is 23.8 Å². The van der Waals surface area contributed by atoms with Crippen LogP contribution in [0.1, 0.15) is 44.9 Å². The van der Waals surface area contributed by atoms with E-state index in [0.717, 1.165) is 15.8 Å². The van der Waals surface area contributed by atoms with E-state index >= 15 is 0 Å². The summed E-state index contributed by atoms with van der Waals surface area (Å²) >= 11 is 1.37. The van der Waals surface area contributed by atoms with Crippen molar-refractivity contribution >= 4 is 45.1 Å². The molecule has 2 heterocycles. The van der Waals surface area contributed by atoms with Crippen molar-refractivity contribution in [3.8, 4) is 16.3 Å². The second kappa shape index (κ2) is 10.1. The van der Waals surface area contributed by atoms with Crippen LogP contribution in [0, 0.1) is 13.8 Å². The first-order valence-electron chi connectivity index (χ1n) is 10.9. The third-order valence-corrected chi connectivity index (χ3v) is 6.52. The number of carbonyl (C=O) groups is 3. The average molecular weight is 493 g/mol. The average Bonchev–Trinajstić information content (AvgIpc) is 3.42. The minimum atomic E-state index is -0.595. The molecule has 8 nitrogen and oxygen atoms in total. The Kier molecular flexibility index (Phi) is 6.97. The van der Waals surface area contributed by atoms with E-state index in [0.29, 0.717) is 27.6 Å². The van der Waals surface area contributed by atoms with Gasteiger partial charge in [0.05, 0.1) is 35.6 Å². The van der Waals surface area contributed by atoms with Gasteiger partial charge in [0.1, 0.15) is 22.1 Å². The van der Waals surface area contributed by atoms with Crippen molar-refractivity contribution in [1.82, 2.24) is 4.98 Å². The van der Waals surface area contributed by atoms with Crippen LogP contribution in [0.2, 0.25) is 0 Å². The van der Waals surface area contributed by atoms with Crippen molar-refractivity contribution in [1.29, 1.82) is 0 Å². The second-order valence-electron chi connectivity index (χ2n) is 7.89. The van der Waals surface area contributed by atoms with Gasteiger partial charge < -0.3 is 13.9 Å². The Bertz CT molecular complexity index is 1400. The van der Waals surface area contributed by atoms with E-state index in [-0.39, 0.29) is 30.1 Å². The van der Waals surface area contributed by atoms with E-state index in [1.165, 1.54) is 25.6 Å². The molecular weight excluding hydrogens is 468 g/mol. The van der Waals surface area contributed by atoms with Gasteiger partial charge in [-0.05, 0) is 38.1 Å². The summed E-state index contributed by atoms with van der Waals surface area (Å²) in [6, 6.07) is 12.9. The van der Waals surface area contributed by atoms with Crippen molar-refractivity contribution in [3.05, 3.63) is 64.9 Å². The fraction of sp³-hybridized carbons (Fsp3) is 0.231. The van der Waals surface area contributed by atoms with Gasteiger partial charge in [-0.2, -0.15) is 0 Å². The third kappa shape index (κ3) is 4.95. The van der Waals surface area contributed by atoms with Crippen LogP contribution in [0.5, 0.6) is 5.75 Å². The summed E-state index contributed by atoms with van der Waals surface area (Å²) in [5.41, 5.74) is 2.66. The number of para-hydroxylation sites is 1. The number of furan rings is 1. The Morgan fingerprint density at radius 3 is 2.54 bits per heavy atom. The van der Waals surface area contributed by atoms with Crippen LogP contribution in [0.4, 0.5) is 5.88 Å². The van der Waals surface area contributed by atoms with Crippen LogP contribution in [0.3, 0.4) is 0 Å². The molecule has 0 bridgehead atoms. The number of esters is 1. The first kappa shape index (κ1) is 24.2. The zero-order valence-electron chi connectivity index (χ0n) is 19.8. The molecule has 0 saturated heterocycles. The van der Waals surface area contributed by atoms with E-state index < -0.39 is 11.9 Å². The molecule has 0 atom stereocenters. The van der Waals surface area contributed by atoms with Crippen LogP contribution in [-0.4, -0.2) is 36.9 Å². The largest absolute Gasteiger partial charge is 0.496 e. The summed E-state index contributed by atoms with van der Waals surface area (Å²) in [7, 11) is 2.77. The van der Waals surface area contributed by atoms with Crippen LogP contribution < -0.4 is 10.1 Å². The fourth-order valence-corrected chi connectivity index (χ4v) is 4.77. The number of amides is 1. The number of ketones is 1. The van der Waals surface area contributed by atoms with Gasteiger partial charge in [-0.25, -0.2) is 9.78 Å². The summed E-state index contributed by atoms with van der Waals surface area (Å²) in [5, 5.41) is 3.22. The van der Waals surface area contributed by atoms with Crippen molar-refractivity contribution in [3.63, 3.8) is 0 Å². The first-order valence-corrected chi connectivity index (χ1v) is 11.7. The summed E-state index contributed by atoms with van der Waals surface area (Å²) < 4.78 is 16.9. The number of methoxy groups -OCH3 is 2. The van der Waals surface area contributed by atoms with Crippen LogP contribution in [-0.2, 0) is 9.53 Å². The number of Topliss-reactive ketones (excluding diaryl/α,β-unsaturated/α-hetero) is 1. The lowest BCUT2D eigenvalue weighted by atomic mass is 10.0. The number of fused-ring (bicyclic) bond motifs is 1. The smallest absolute Gasteiger partial charge is 0.342 e. The number of ether oxygens (including phenoxy) is 2. The van der Waals surface area contributed by atoms with Gasteiger partial charge in [0.25, 0.3) is 0 Å². The molecule has 0 aliphatic carbocycles. The van der Waals surface area contributed by atoms with Gasteiger partial charge in [0.2, 0.25) is 11.8 Å². The van der Waals surface area contributed by atoms with Crippen LogP contribution >= 0.6 is 11.3 Å². The summed E-state index contributed by atoms with van der Waals surface area (Å²) in [6.07, 6.45) is -0.103. The second-order valence-corrected chi connectivity index (χ2v) is 8.92. The molecule has 2 aromatic carbocycles. The molecule has 0 aliphatic rings. The highest BCUT2D eigenvalue weighted by Gasteiger charge is 2.29. The molecule has 0 saturated carbocycles. The Morgan fingerprint density at radius 1 is 1.06 bits per heavy atom. The van der Waals surface area contributed by atoms with Gasteiger partial charge in [-0.3, -0.25) is 14.9 Å². The van der Waals surface area contributed by atoms with E-state index in [1.807, 2.05) is 37.3 Å². The van der Waals surface area contributed by atoms with Gasteiger partial charge in [-0.15, -0.1) is 11.3 Å². The first-order chi connectivity index (χ1) is 16.8. The number of benzene rings is 2. The molecular formula is C26H24N2O6S. The number of hydrogen-bond donors (Lipinski definition) is 1. The lowest BCUT2D eigenvalue weighted by molar-refractivity contribution is -0.116. The lowest BCUT2D eigenvalue weighted by Gasteiger charge is -2.09. The number of hydrogen-bond acceptors (Lipinski definition) is 8. The summed E-state index contributed by atoms with van der Waals surface area (Å²) in [5.74, 6) is -0.392. The zero-order valence-corrected chi connectivity index (χ0v) is 20.6. The molecule has 9 heteroatoms. The number of nitrogens with zero attached hydrogens (tertiary/aromatic N) is 1. The third-order valence-electron chi connectivity index (χ3n) is 5.47. The van der Waals surface area contributed by atoms with E-state index in [9.17, 15) is 14.4 Å². The van der Waals surface area contributed by atoms with Crippen LogP contribution in [0.15, 0.2) is 46.9 Å². The van der Waals surface area contributed by atoms with Gasteiger partial charge in [0, 0.05) is 12.8 Å². The molecule has 35 heavy (non-hydrogen) atoms. The highest BCUT2D eigenvalue weighted by atomic mass is 32.1. The number of rotatable bonds is 8. The Balaban J connectivity index is 1.59. The number of carbonyl (C=O) groups excluding carboxylic acids is 3. The van der Waals surface area contributed by atoms with E-state index in [1.54, 1.807) is 19.1 Å². The Morgan fingerprint density at radius 2 is 1.83 bits per heavy atom.